The first-order valence-electron chi connectivity index (χ1n) is 12.4. The van der Waals surface area contributed by atoms with Crippen molar-refractivity contribution >= 4 is 23.2 Å². The Hall–Kier alpha value is -4.12. The summed E-state index contributed by atoms with van der Waals surface area (Å²) in [6.45, 7) is 2.94. The zero-order chi connectivity index (χ0) is 25.8. The van der Waals surface area contributed by atoms with Crippen LogP contribution in [0.4, 0.5) is 5.82 Å². The molecule has 37 heavy (non-hydrogen) atoms. The lowest BCUT2D eigenvalue weighted by molar-refractivity contribution is -0.138. The predicted molar refractivity (Wildman–Crippen MR) is 136 cm³/mol. The molecule has 0 aromatic carbocycles. The van der Waals surface area contributed by atoms with Gasteiger partial charge in [-0.3, -0.25) is 19.7 Å². The van der Waals surface area contributed by atoms with Crippen molar-refractivity contribution in [1.82, 2.24) is 34.7 Å². The van der Waals surface area contributed by atoms with Crippen molar-refractivity contribution in [3.8, 4) is 22.5 Å². The van der Waals surface area contributed by atoms with E-state index in [4.69, 9.17) is 10.7 Å². The molecule has 2 saturated heterocycles. The summed E-state index contributed by atoms with van der Waals surface area (Å²) in [7, 11) is 0. The number of aliphatic hydroxyl groups excluding tert-OH is 1. The van der Waals surface area contributed by atoms with Crippen molar-refractivity contribution in [2.45, 2.75) is 57.5 Å². The smallest absolute Gasteiger partial charge is 0.248 e. The number of ketones is 1. The Labute approximate surface area is 212 Å². The lowest BCUT2D eigenvalue weighted by atomic mass is 9.85. The largest absolute Gasteiger partial charge is 0.387 e. The summed E-state index contributed by atoms with van der Waals surface area (Å²) in [6.07, 6.45) is 6.55. The molecule has 190 valence electrons. The molecule has 2 atom stereocenters. The number of aliphatic hydroxyl groups is 1. The zero-order valence-electron chi connectivity index (χ0n) is 20.7. The quantitative estimate of drug-likeness (QED) is 0.353. The number of rotatable bonds is 5. The Morgan fingerprint density at radius 3 is 2.51 bits per heavy atom. The number of aryl methyl sites for hydroxylation is 1. The molecule has 0 radical (unpaired) electrons. The second-order valence-electron chi connectivity index (χ2n) is 9.99. The molecule has 2 aliphatic heterocycles. The molecular formula is C26H28N8O3. The number of nitrogens with two attached hydrogens (primary N) is 1. The van der Waals surface area contributed by atoms with Crippen LogP contribution in [0.25, 0.3) is 28.2 Å². The topological polar surface area (TPSA) is 155 Å². The number of anilines is 1. The third-order valence-corrected chi connectivity index (χ3v) is 7.65. The van der Waals surface area contributed by atoms with Gasteiger partial charge in [-0.05, 0) is 51.7 Å². The van der Waals surface area contributed by atoms with Crippen LogP contribution in [0.2, 0.25) is 0 Å². The van der Waals surface area contributed by atoms with Gasteiger partial charge in [0.2, 0.25) is 5.91 Å². The summed E-state index contributed by atoms with van der Waals surface area (Å²) >= 11 is 0. The number of hydrogen-bond donors (Lipinski definition) is 3. The number of amides is 1. The molecule has 4 aromatic rings. The Kier molecular flexibility index (Phi) is 5.52. The second kappa shape index (κ2) is 8.77. The number of hydrogen-bond acceptors (Lipinski definition) is 8. The Balaban J connectivity index is 1.41. The minimum absolute atomic E-state index is 0.0225. The van der Waals surface area contributed by atoms with Gasteiger partial charge >= 0.3 is 0 Å². The van der Waals surface area contributed by atoms with Gasteiger partial charge in [0.25, 0.3) is 0 Å². The summed E-state index contributed by atoms with van der Waals surface area (Å²) in [4.78, 5) is 36.5. The number of aromatic amines is 1. The standard InChI is InChI=1S/C26H28N8O3/c1-13-7-21(32-31-13)20-6-3-15(10-28-20)19-11-29-34-25(27)23(14(2)36)24(30-26(19)34)16-8-17-4-5-18(9-16)33(17)22(37)12-35/h3,6-7,10-11,16-18,35H,4-5,8-9,12,27H2,1-2H3,(H,31,32). The molecule has 11 nitrogen and oxygen atoms in total. The Bertz CT molecular complexity index is 1510. The fraction of sp³-hybridized carbons (Fsp3) is 0.385. The van der Waals surface area contributed by atoms with E-state index >= 15 is 0 Å². The number of nitrogens with zero attached hydrogens (tertiary/aromatic N) is 6. The lowest BCUT2D eigenvalue weighted by Crippen LogP contribution is -2.47. The van der Waals surface area contributed by atoms with E-state index in [0.29, 0.717) is 29.7 Å². The first-order chi connectivity index (χ1) is 17.9. The first kappa shape index (κ1) is 23.3. The van der Waals surface area contributed by atoms with E-state index in [9.17, 15) is 14.7 Å². The number of pyridine rings is 1. The number of piperidine rings is 1. The summed E-state index contributed by atoms with van der Waals surface area (Å²) in [6, 6.07) is 5.82. The molecular weight excluding hydrogens is 472 g/mol. The van der Waals surface area contributed by atoms with Gasteiger partial charge in [-0.25, -0.2) is 4.98 Å². The lowest BCUT2D eigenvalue weighted by Gasteiger charge is -2.39. The van der Waals surface area contributed by atoms with Crippen LogP contribution in [0.3, 0.4) is 0 Å². The zero-order valence-corrected chi connectivity index (χ0v) is 20.7. The van der Waals surface area contributed by atoms with Crippen LogP contribution in [0, 0.1) is 6.92 Å². The molecule has 6 rings (SSSR count). The molecule has 0 spiro atoms. The van der Waals surface area contributed by atoms with E-state index < -0.39 is 6.61 Å². The van der Waals surface area contributed by atoms with Crippen molar-refractivity contribution in [1.29, 1.82) is 0 Å². The minimum atomic E-state index is -0.487. The molecule has 0 aliphatic carbocycles. The minimum Gasteiger partial charge on any atom is -0.387 e. The second-order valence-corrected chi connectivity index (χ2v) is 9.99. The molecule has 2 unspecified atom stereocenters. The molecule has 2 fully saturated rings. The molecule has 2 aliphatic rings. The van der Waals surface area contributed by atoms with Crippen LogP contribution in [-0.2, 0) is 4.79 Å². The third-order valence-electron chi connectivity index (χ3n) is 7.65. The van der Waals surface area contributed by atoms with E-state index in [1.165, 1.54) is 11.4 Å². The molecule has 6 heterocycles. The number of carbonyl (C=O) groups is 2. The normalized spacial score (nSPS) is 21.1. The highest BCUT2D eigenvalue weighted by molar-refractivity contribution is 6.00. The summed E-state index contributed by atoms with van der Waals surface area (Å²) in [5, 5.41) is 21.1. The molecule has 4 N–H and O–H groups in total. The SMILES string of the molecule is CC(=O)c1c(C2CC3CCC(C2)N3C(=O)CO)nc2c(-c3ccc(-c4cc(C)[nH]n4)nc3)cnn2c1N. The van der Waals surface area contributed by atoms with Gasteiger partial charge in [0, 0.05) is 41.0 Å². The Morgan fingerprint density at radius 1 is 1.16 bits per heavy atom. The predicted octanol–water partition coefficient (Wildman–Crippen LogP) is 2.50. The maximum absolute atomic E-state index is 12.7. The van der Waals surface area contributed by atoms with Gasteiger partial charge < -0.3 is 15.7 Å². The fourth-order valence-electron chi connectivity index (χ4n) is 6.04. The average Bonchev–Trinajstić information content (AvgIpc) is 3.59. The van der Waals surface area contributed by atoms with E-state index in [1.807, 2.05) is 30.0 Å². The van der Waals surface area contributed by atoms with E-state index in [1.54, 1.807) is 12.4 Å². The van der Waals surface area contributed by atoms with Crippen molar-refractivity contribution in [3.63, 3.8) is 0 Å². The summed E-state index contributed by atoms with van der Waals surface area (Å²) in [5.74, 6) is -0.172. The van der Waals surface area contributed by atoms with Gasteiger partial charge in [0.1, 0.15) is 18.1 Å². The van der Waals surface area contributed by atoms with Gasteiger partial charge in [-0.2, -0.15) is 14.7 Å². The molecule has 0 saturated carbocycles. The van der Waals surface area contributed by atoms with Crippen molar-refractivity contribution in [2.24, 2.45) is 0 Å². The van der Waals surface area contributed by atoms with E-state index in [0.717, 1.165) is 41.1 Å². The van der Waals surface area contributed by atoms with Gasteiger partial charge in [0.15, 0.2) is 11.4 Å². The number of nitrogens with one attached hydrogen (secondary N) is 1. The van der Waals surface area contributed by atoms with Crippen LogP contribution in [0.1, 0.15) is 60.3 Å². The molecule has 11 heteroatoms. The molecule has 2 bridgehead atoms. The van der Waals surface area contributed by atoms with Crippen LogP contribution < -0.4 is 5.73 Å². The van der Waals surface area contributed by atoms with Gasteiger partial charge in [0.05, 0.1) is 23.1 Å². The maximum Gasteiger partial charge on any atom is 0.248 e. The maximum atomic E-state index is 12.7. The van der Waals surface area contributed by atoms with Crippen LogP contribution in [0.5, 0.6) is 0 Å². The Morgan fingerprint density at radius 2 is 1.92 bits per heavy atom. The number of H-pyrrole nitrogens is 1. The van der Waals surface area contributed by atoms with Gasteiger partial charge in [-0.1, -0.05) is 6.07 Å². The number of fused-ring (bicyclic) bond motifs is 3. The van der Waals surface area contributed by atoms with E-state index in [-0.39, 0.29) is 35.5 Å². The first-order valence-corrected chi connectivity index (χ1v) is 12.4. The number of aromatic nitrogens is 6. The van der Waals surface area contributed by atoms with Crippen LogP contribution in [-0.4, -0.2) is 70.2 Å². The van der Waals surface area contributed by atoms with Crippen molar-refractivity contribution in [2.75, 3.05) is 12.3 Å². The van der Waals surface area contributed by atoms with Gasteiger partial charge in [-0.15, -0.1) is 0 Å². The van der Waals surface area contributed by atoms with Crippen molar-refractivity contribution < 1.29 is 14.7 Å². The number of carbonyl (C=O) groups excluding carboxylic acids is 2. The molecule has 4 aromatic heterocycles. The highest BCUT2D eigenvalue weighted by Gasteiger charge is 2.44. The monoisotopic (exact) mass is 500 g/mol. The fourth-order valence-corrected chi connectivity index (χ4v) is 6.04. The number of Topliss-reactive ketones (excluding diaryl/α,β-unsaturated/α-hetero) is 1. The molecule has 1 amide bonds. The van der Waals surface area contributed by atoms with E-state index in [2.05, 4.69) is 20.3 Å². The highest BCUT2D eigenvalue weighted by atomic mass is 16.3. The average molecular weight is 501 g/mol. The summed E-state index contributed by atoms with van der Waals surface area (Å²) in [5.41, 5.74) is 12.2. The van der Waals surface area contributed by atoms with Crippen molar-refractivity contribution in [3.05, 3.63) is 47.5 Å². The third kappa shape index (κ3) is 3.77. The van der Waals surface area contributed by atoms with Crippen LogP contribution >= 0.6 is 0 Å². The summed E-state index contributed by atoms with van der Waals surface area (Å²) < 4.78 is 1.51. The van der Waals surface area contributed by atoms with Crippen LogP contribution in [0.15, 0.2) is 30.6 Å². The number of nitrogen functional groups attached to an aromatic ring is 1. The highest BCUT2D eigenvalue weighted by Crippen LogP contribution is 2.44.